The first kappa shape index (κ1) is 9.53. The summed E-state index contributed by atoms with van der Waals surface area (Å²) in [6.45, 7) is 0.320. The van der Waals surface area contributed by atoms with Crippen LogP contribution in [0.2, 0.25) is 0 Å². The Bertz CT molecular complexity index is 397. The minimum atomic E-state index is -0.445. The summed E-state index contributed by atoms with van der Waals surface area (Å²) in [5, 5.41) is 8.94. The molecule has 0 spiro atoms. The monoisotopic (exact) mass is 202 g/mol. The third kappa shape index (κ3) is 1.77. The van der Waals surface area contributed by atoms with Gasteiger partial charge in [-0.25, -0.2) is 4.79 Å². The van der Waals surface area contributed by atoms with E-state index in [1.807, 2.05) is 18.2 Å². The van der Waals surface area contributed by atoms with Crippen molar-refractivity contribution in [3.8, 4) is 6.07 Å². The molecule has 0 aromatic heterocycles. The number of anilines is 1. The van der Waals surface area contributed by atoms with E-state index in [1.54, 1.807) is 12.1 Å². The van der Waals surface area contributed by atoms with Crippen LogP contribution in [0.4, 0.5) is 10.5 Å². The van der Waals surface area contributed by atoms with E-state index in [0.717, 1.165) is 0 Å². The highest BCUT2D eigenvalue weighted by atomic mass is 16.6. The highest BCUT2D eigenvalue weighted by molar-refractivity contribution is 5.89. The lowest BCUT2D eigenvalue weighted by molar-refractivity contribution is 0.134. The molecule has 1 aliphatic heterocycles. The van der Waals surface area contributed by atoms with Crippen LogP contribution in [0.25, 0.3) is 0 Å². The van der Waals surface area contributed by atoms with Gasteiger partial charge in [-0.15, -0.1) is 0 Å². The maximum Gasteiger partial charge on any atom is 0.415 e. The summed E-state index contributed by atoms with van der Waals surface area (Å²) >= 11 is 0. The second-order valence-corrected chi connectivity index (χ2v) is 3.25. The first-order valence-corrected chi connectivity index (χ1v) is 4.73. The van der Waals surface area contributed by atoms with Crippen molar-refractivity contribution in [1.82, 2.24) is 0 Å². The Kier molecular flexibility index (Phi) is 2.55. The summed E-state index contributed by atoms with van der Waals surface area (Å²) < 4.78 is 4.91. The number of carbonyl (C=O) groups is 1. The lowest BCUT2D eigenvalue weighted by atomic mass is 10.1. The summed E-state index contributed by atoms with van der Waals surface area (Å²) in [5.74, 6) is 0. The standard InChI is InChI=1S/C11H10N2O2/c12-8-10-6-7-15-11(14)13(10)9-4-2-1-3-5-9/h1-5,10H,6-7H2. The van der Waals surface area contributed by atoms with Crippen LogP contribution in [-0.2, 0) is 4.74 Å². The minimum Gasteiger partial charge on any atom is -0.449 e. The Morgan fingerprint density at radius 2 is 2.13 bits per heavy atom. The van der Waals surface area contributed by atoms with Gasteiger partial charge in [0.05, 0.1) is 12.7 Å². The lowest BCUT2D eigenvalue weighted by Crippen LogP contribution is -2.45. The van der Waals surface area contributed by atoms with Crippen LogP contribution in [-0.4, -0.2) is 18.7 Å². The highest BCUT2D eigenvalue weighted by Crippen LogP contribution is 2.22. The Balaban J connectivity index is 2.32. The van der Waals surface area contributed by atoms with Gasteiger partial charge < -0.3 is 4.74 Å². The average molecular weight is 202 g/mol. The molecule has 1 atom stereocenters. The van der Waals surface area contributed by atoms with Gasteiger partial charge in [0.2, 0.25) is 0 Å². The van der Waals surface area contributed by atoms with Gasteiger partial charge in [0.25, 0.3) is 0 Å². The van der Waals surface area contributed by atoms with Gasteiger partial charge in [-0.2, -0.15) is 5.26 Å². The number of hydrogen-bond acceptors (Lipinski definition) is 3. The van der Waals surface area contributed by atoms with Crippen LogP contribution >= 0.6 is 0 Å². The topological polar surface area (TPSA) is 53.3 Å². The molecule has 1 amide bonds. The molecule has 0 saturated carbocycles. The van der Waals surface area contributed by atoms with Crippen LogP contribution in [0.15, 0.2) is 30.3 Å². The molecule has 4 heteroatoms. The molecule has 1 unspecified atom stereocenters. The fraction of sp³-hybridized carbons (Fsp3) is 0.273. The summed E-state index contributed by atoms with van der Waals surface area (Å²) in [7, 11) is 0. The largest absolute Gasteiger partial charge is 0.449 e. The SMILES string of the molecule is N#CC1CCOC(=O)N1c1ccccc1. The summed E-state index contributed by atoms with van der Waals surface area (Å²) in [4.78, 5) is 12.9. The number of para-hydroxylation sites is 1. The van der Waals surface area contributed by atoms with Crippen LogP contribution in [0.5, 0.6) is 0 Å². The van der Waals surface area contributed by atoms with Crippen molar-refractivity contribution in [2.45, 2.75) is 12.5 Å². The Morgan fingerprint density at radius 3 is 2.80 bits per heavy atom. The molecule has 0 N–H and O–H groups in total. The fourth-order valence-electron chi connectivity index (χ4n) is 1.58. The first-order chi connectivity index (χ1) is 7.33. The van der Waals surface area contributed by atoms with Crippen molar-refractivity contribution in [2.24, 2.45) is 0 Å². The van der Waals surface area contributed by atoms with Crippen molar-refractivity contribution in [3.63, 3.8) is 0 Å². The molecule has 1 aromatic rings. The summed E-state index contributed by atoms with van der Waals surface area (Å²) in [6.07, 6.45) is 0.107. The molecule has 1 aromatic carbocycles. The number of nitriles is 1. The number of nitrogens with zero attached hydrogens (tertiary/aromatic N) is 2. The summed E-state index contributed by atoms with van der Waals surface area (Å²) in [5.41, 5.74) is 0.703. The van der Waals surface area contributed by atoms with Crippen molar-refractivity contribution in [3.05, 3.63) is 30.3 Å². The third-order valence-electron chi connectivity index (χ3n) is 2.31. The average Bonchev–Trinajstić information content (AvgIpc) is 2.29. The molecule has 0 aliphatic carbocycles. The molecule has 15 heavy (non-hydrogen) atoms. The molecule has 1 heterocycles. The second kappa shape index (κ2) is 4.01. The molecule has 1 fully saturated rings. The van der Waals surface area contributed by atoms with Gasteiger partial charge in [0, 0.05) is 12.1 Å². The zero-order chi connectivity index (χ0) is 10.7. The van der Waals surface area contributed by atoms with Crippen molar-refractivity contribution in [1.29, 1.82) is 5.26 Å². The molecule has 0 bridgehead atoms. The van der Waals surface area contributed by atoms with Gasteiger partial charge >= 0.3 is 6.09 Å². The van der Waals surface area contributed by atoms with Gasteiger partial charge in [-0.3, -0.25) is 4.90 Å². The predicted molar refractivity (Wildman–Crippen MR) is 54.3 cm³/mol. The summed E-state index contributed by atoms with van der Waals surface area (Å²) in [6, 6.07) is 10.8. The van der Waals surface area contributed by atoms with Gasteiger partial charge in [-0.1, -0.05) is 18.2 Å². The maximum absolute atomic E-state index is 11.5. The van der Waals surface area contributed by atoms with E-state index in [4.69, 9.17) is 10.00 Å². The normalized spacial score (nSPS) is 20.6. The molecule has 4 nitrogen and oxygen atoms in total. The van der Waals surface area contributed by atoms with Gasteiger partial charge in [0.15, 0.2) is 0 Å². The Labute approximate surface area is 87.7 Å². The van der Waals surface area contributed by atoms with Gasteiger partial charge in [-0.05, 0) is 12.1 Å². The molecule has 1 saturated heterocycles. The van der Waals surface area contributed by atoms with Crippen LogP contribution < -0.4 is 4.90 Å². The number of cyclic esters (lactones) is 1. The fourth-order valence-corrected chi connectivity index (χ4v) is 1.58. The van der Waals surface area contributed by atoms with Crippen molar-refractivity contribution < 1.29 is 9.53 Å². The van der Waals surface area contributed by atoms with Crippen molar-refractivity contribution >= 4 is 11.8 Å². The Morgan fingerprint density at radius 1 is 1.40 bits per heavy atom. The number of amides is 1. The van der Waals surface area contributed by atoms with E-state index in [-0.39, 0.29) is 0 Å². The molecular formula is C11H10N2O2. The predicted octanol–water partition coefficient (Wildman–Crippen LogP) is 1.93. The molecule has 76 valence electrons. The number of hydrogen-bond donors (Lipinski definition) is 0. The smallest absolute Gasteiger partial charge is 0.415 e. The first-order valence-electron chi connectivity index (χ1n) is 4.73. The maximum atomic E-state index is 11.5. The van der Waals surface area contributed by atoms with Crippen LogP contribution in [0, 0.1) is 11.3 Å². The third-order valence-corrected chi connectivity index (χ3v) is 2.31. The van der Waals surface area contributed by atoms with Gasteiger partial charge in [0.1, 0.15) is 6.04 Å². The van der Waals surface area contributed by atoms with E-state index in [9.17, 15) is 4.79 Å². The van der Waals surface area contributed by atoms with E-state index in [0.29, 0.717) is 18.7 Å². The lowest BCUT2D eigenvalue weighted by Gasteiger charge is -2.30. The molecule has 1 aliphatic rings. The number of ether oxygens (including phenoxy) is 1. The van der Waals surface area contributed by atoms with E-state index in [1.165, 1.54) is 4.90 Å². The quantitative estimate of drug-likeness (QED) is 0.699. The molecular weight excluding hydrogens is 192 g/mol. The van der Waals surface area contributed by atoms with Crippen LogP contribution in [0.3, 0.4) is 0 Å². The van der Waals surface area contributed by atoms with E-state index < -0.39 is 12.1 Å². The van der Waals surface area contributed by atoms with Crippen LogP contribution in [0.1, 0.15) is 6.42 Å². The number of carbonyl (C=O) groups excluding carboxylic acids is 1. The Hall–Kier alpha value is -2.02. The van der Waals surface area contributed by atoms with Crippen molar-refractivity contribution in [2.75, 3.05) is 11.5 Å². The van der Waals surface area contributed by atoms with E-state index in [2.05, 4.69) is 6.07 Å². The molecule has 2 rings (SSSR count). The zero-order valence-electron chi connectivity index (χ0n) is 8.09. The van der Waals surface area contributed by atoms with E-state index >= 15 is 0 Å². The molecule has 0 radical (unpaired) electrons. The number of rotatable bonds is 1. The highest BCUT2D eigenvalue weighted by Gasteiger charge is 2.30. The number of benzene rings is 1. The minimum absolute atomic E-state index is 0.320. The zero-order valence-corrected chi connectivity index (χ0v) is 8.09. The second-order valence-electron chi connectivity index (χ2n) is 3.25.